The Morgan fingerprint density at radius 2 is 2.06 bits per heavy atom. The summed E-state index contributed by atoms with van der Waals surface area (Å²) in [5.41, 5.74) is 0.981. The van der Waals surface area contributed by atoms with E-state index in [9.17, 15) is 5.11 Å². The zero-order valence-corrected chi connectivity index (χ0v) is 11.5. The molecular weight excluding hydrogens is 250 g/mol. The van der Waals surface area contributed by atoms with E-state index < -0.39 is 0 Å². The van der Waals surface area contributed by atoms with Crippen LogP contribution in [0.15, 0.2) is 6.33 Å². The number of aliphatic hydroxyl groups excluding tert-OH is 1. The average molecular weight is 270 g/mol. The third-order valence-electron chi connectivity index (χ3n) is 3.62. The quantitative estimate of drug-likeness (QED) is 0.825. The summed E-state index contributed by atoms with van der Waals surface area (Å²) in [5.74, 6) is 1.47. The van der Waals surface area contributed by atoms with Crippen molar-refractivity contribution in [2.75, 3.05) is 11.9 Å². The van der Waals surface area contributed by atoms with Crippen molar-refractivity contribution in [1.29, 1.82) is 0 Å². The second-order valence-electron chi connectivity index (χ2n) is 4.90. The molecule has 2 rings (SSSR count). The third kappa shape index (κ3) is 3.33. The van der Waals surface area contributed by atoms with Gasteiger partial charge in [0.1, 0.15) is 17.3 Å². The van der Waals surface area contributed by atoms with Crippen molar-refractivity contribution in [2.24, 2.45) is 5.92 Å². The van der Waals surface area contributed by atoms with Crippen LogP contribution in [-0.2, 0) is 6.42 Å². The minimum absolute atomic E-state index is 0.0963. The number of aromatic nitrogens is 2. The Balaban J connectivity index is 1.92. The molecule has 1 aromatic heterocycles. The van der Waals surface area contributed by atoms with Gasteiger partial charge in [-0.05, 0) is 38.0 Å². The highest BCUT2D eigenvalue weighted by atomic mass is 35.5. The highest BCUT2D eigenvalue weighted by molar-refractivity contribution is 6.30. The molecule has 0 unspecified atom stereocenters. The normalized spacial score (nSPS) is 23.9. The minimum Gasteiger partial charge on any atom is -0.393 e. The van der Waals surface area contributed by atoms with Gasteiger partial charge in [0.25, 0.3) is 0 Å². The van der Waals surface area contributed by atoms with E-state index in [1.807, 2.05) is 6.92 Å². The van der Waals surface area contributed by atoms with Gasteiger partial charge in [0.2, 0.25) is 0 Å². The smallest absolute Gasteiger partial charge is 0.137 e. The van der Waals surface area contributed by atoms with E-state index in [1.165, 1.54) is 6.33 Å². The molecule has 2 N–H and O–H groups in total. The number of aliphatic hydroxyl groups is 1. The number of halogens is 1. The van der Waals surface area contributed by atoms with E-state index in [2.05, 4.69) is 15.3 Å². The molecule has 0 radical (unpaired) electrons. The average Bonchev–Trinajstić information content (AvgIpc) is 2.38. The molecule has 18 heavy (non-hydrogen) atoms. The number of anilines is 1. The highest BCUT2D eigenvalue weighted by Gasteiger charge is 2.19. The predicted molar refractivity (Wildman–Crippen MR) is 72.9 cm³/mol. The molecule has 5 heteroatoms. The molecule has 0 amide bonds. The lowest BCUT2D eigenvalue weighted by molar-refractivity contribution is 0.111. The standard InChI is InChI=1S/C13H20ClN3O/c1-2-11-12(14)16-8-17-13(11)15-7-9-3-5-10(18)6-4-9/h8-10,18H,2-7H2,1H3,(H,15,16,17). The first-order chi connectivity index (χ1) is 8.70. The number of hydrogen-bond acceptors (Lipinski definition) is 4. The summed E-state index contributed by atoms with van der Waals surface area (Å²) >= 11 is 6.05. The summed E-state index contributed by atoms with van der Waals surface area (Å²) in [6.45, 7) is 2.94. The van der Waals surface area contributed by atoms with Crippen LogP contribution in [-0.4, -0.2) is 27.7 Å². The Kier molecular flexibility index (Phi) is 4.78. The SMILES string of the molecule is CCc1c(Cl)ncnc1NCC1CCC(O)CC1. The second-order valence-corrected chi connectivity index (χ2v) is 5.26. The molecule has 0 saturated heterocycles. The molecule has 4 nitrogen and oxygen atoms in total. The molecule has 1 aromatic rings. The van der Waals surface area contributed by atoms with Gasteiger partial charge in [-0.2, -0.15) is 0 Å². The van der Waals surface area contributed by atoms with Crippen LogP contribution in [0.5, 0.6) is 0 Å². The first kappa shape index (κ1) is 13.6. The summed E-state index contributed by atoms with van der Waals surface area (Å²) in [4.78, 5) is 8.25. The lowest BCUT2D eigenvalue weighted by Gasteiger charge is -2.25. The van der Waals surface area contributed by atoms with Crippen molar-refractivity contribution < 1.29 is 5.11 Å². The molecule has 100 valence electrons. The number of hydrogen-bond donors (Lipinski definition) is 2. The van der Waals surface area contributed by atoms with Crippen LogP contribution >= 0.6 is 11.6 Å². The van der Waals surface area contributed by atoms with E-state index in [0.29, 0.717) is 11.1 Å². The molecule has 0 aliphatic heterocycles. The van der Waals surface area contributed by atoms with Gasteiger partial charge < -0.3 is 10.4 Å². The number of nitrogens with one attached hydrogen (secondary N) is 1. The molecule has 1 heterocycles. The maximum Gasteiger partial charge on any atom is 0.137 e. The predicted octanol–water partition coefficient (Wildman–Crippen LogP) is 2.66. The fourth-order valence-electron chi connectivity index (χ4n) is 2.45. The molecule has 0 aromatic carbocycles. The van der Waals surface area contributed by atoms with Crippen molar-refractivity contribution in [3.63, 3.8) is 0 Å². The van der Waals surface area contributed by atoms with Crippen LogP contribution in [0.3, 0.4) is 0 Å². The van der Waals surface area contributed by atoms with Crippen molar-refractivity contribution in [1.82, 2.24) is 9.97 Å². The molecule has 1 fully saturated rings. The zero-order valence-electron chi connectivity index (χ0n) is 10.7. The Bertz CT molecular complexity index is 392. The van der Waals surface area contributed by atoms with Crippen LogP contribution in [0, 0.1) is 5.92 Å². The van der Waals surface area contributed by atoms with E-state index in [1.54, 1.807) is 0 Å². The Labute approximate surface area is 113 Å². The lowest BCUT2D eigenvalue weighted by atomic mass is 9.87. The van der Waals surface area contributed by atoms with Crippen LogP contribution in [0.25, 0.3) is 0 Å². The maximum atomic E-state index is 9.47. The van der Waals surface area contributed by atoms with E-state index in [-0.39, 0.29) is 6.10 Å². The van der Waals surface area contributed by atoms with Crippen molar-refractivity contribution in [3.8, 4) is 0 Å². The molecular formula is C13H20ClN3O. The first-order valence-corrected chi connectivity index (χ1v) is 6.99. The molecule has 0 spiro atoms. The molecule has 1 aliphatic rings. The van der Waals surface area contributed by atoms with Crippen LogP contribution in [0.1, 0.15) is 38.2 Å². The van der Waals surface area contributed by atoms with Gasteiger partial charge in [-0.3, -0.25) is 0 Å². The van der Waals surface area contributed by atoms with Gasteiger partial charge in [-0.1, -0.05) is 18.5 Å². The van der Waals surface area contributed by atoms with Gasteiger partial charge in [-0.25, -0.2) is 9.97 Å². The Hall–Kier alpha value is -0.870. The Morgan fingerprint density at radius 1 is 1.33 bits per heavy atom. The fraction of sp³-hybridized carbons (Fsp3) is 0.692. The second kappa shape index (κ2) is 6.34. The highest BCUT2D eigenvalue weighted by Crippen LogP contribution is 2.25. The first-order valence-electron chi connectivity index (χ1n) is 6.62. The van der Waals surface area contributed by atoms with Gasteiger partial charge >= 0.3 is 0 Å². The van der Waals surface area contributed by atoms with E-state index in [4.69, 9.17) is 11.6 Å². The van der Waals surface area contributed by atoms with Crippen molar-refractivity contribution in [3.05, 3.63) is 17.0 Å². The van der Waals surface area contributed by atoms with Crippen LogP contribution in [0.2, 0.25) is 5.15 Å². The Morgan fingerprint density at radius 3 is 2.72 bits per heavy atom. The fourth-order valence-corrected chi connectivity index (χ4v) is 2.71. The van der Waals surface area contributed by atoms with Crippen molar-refractivity contribution >= 4 is 17.4 Å². The van der Waals surface area contributed by atoms with Crippen LogP contribution in [0.4, 0.5) is 5.82 Å². The van der Waals surface area contributed by atoms with E-state index >= 15 is 0 Å². The lowest BCUT2D eigenvalue weighted by Crippen LogP contribution is -2.24. The zero-order chi connectivity index (χ0) is 13.0. The molecule has 1 saturated carbocycles. The summed E-state index contributed by atoms with van der Waals surface area (Å²) in [6, 6.07) is 0. The number of rotatable bonds is 4. The topological polar surface area (TPSA) is 58.0 Å². The van der Waals surface area contributed by atoms with Gasteiger partial charge in [0.15, 0.2) is 0 Å². The monoisotopic (exact) mass is 269 g/mol. The summed E-state index contributed by atoms with van der Waals surface area (Å²) in [5, 5.41) is 13.4. The summed E-state index contributed by atoms with van der Waals surface area (Å²) < 4.78 is 0. The third-order valence-corrected chi connectivity index (χ3v) is 3.95. The van der Waals surface area contributed by atoms with Crippen LogP contribution < -0.4 is 5.32 Å². The van der Waals surface area contributed by atoms with E-state index in [0.717, 1.165) is 50.0 Å². The number of nitrogens with zero attached hydrogens (tertiary/aromatic N) is 2. The molecule has 0 atom stereocenters. The van der Waals surface area contributed by atoms with Gasteiger partial charge in [0, 0.05) is 12.1 Å². The molecule has 0 bridgehead atoms. The largest absolute Gasteiger partial charge is 0.393 e. The van der Waals surface area contributed by atoms with Gasteiger partial charge in [-0.15, -0.1) is 0 Å². The summed E-state index contributed by atoms with van der Waals surface area (Å²) in [7, 11) is 0. The van der Waals surface area contributed by atoms with Crippen molar-refractivity contribution in [2.45, 2.75) is 45.1 Å². The molecule has 1 aliphatic carbocycles. The minimum atomic E-state index is -0.0963. The maximum absolute atomic E-state index is 9.47. The summed E-state index contributed by atoms with van der Waals surface area (Å²) in [6.07, 6.45) is 6.21. The van der Waals surface area contributed by atoms with Gasteiger partial charge in [0.05, 0.1) is 6.10 Å².